The first kappa shape index (κ1) is 10.0. The minimum atomic E-state index is -0.0712. The summed E-state index contributed by atoms with van der Waals surface area (Å²) in [6.45, 7) is 6.55. The number of rotatable bonds is 3. The van der Waals surface area contributed by atoms with Crippen molar-refractivity contribution in [1.29, 1.82) is 0 Å². The highest BCUT2D eigenvalue weighted by Crippen LogP contribution is 2.15. The summed E-state index contributed by atoms with van der Waals surface area (Å²) in [4.78, 5) is 2.41. The first-order valence-corrected chi connectivity index (χ1v) is 5.16. The lowest BCUT2D eigenvalue weighted by Crippen LogP contribution is -2.43. The van der Waals surface area contributed by atoms with Crippen LogP contribution in [0.1, 0.15) is 39.5 Å². The molecule has 0 radical (unpaired) electrons. The summed E-state index contributed by atoms with van der Waals surface area (Å²) >= 11 is 0. The third kappa shape index (κ3) is 2.76. The van der Waals surface area contributed by atoms with Gasteiger partial charge in [-0.1, -0.05) is 13.3 Å². The van der Waals surface area contributed by atoms with Crippen LogP contribution < -0.4 is 0 Å². The number of aliphatic hydroxyl groups is 1. The Bertz CT molecular complexity index is 127. The normalized spacial score (nSPS) is 28.8. The van der Waals surface area contributed by atoms with Crippen molar-refractivity contribution in [2.75, 3.05) is 13.1 Å². The number of aliphatic hydroxyl groups excluding tert-OH is 1. The van der Waals surface area contributed by atoms with Gasteiger partial charge in [-0.2, -0.15) is 0 Å². The molecule has 1 rings (SSSR count). The second-order valence-corrected chi connectivity index (χ2v) is 3.93. The molecule has 0 aromatic heterocycles. The molecule has 1 heterocycles. The van der Waals surface area contributed by atoms with Crippen molar-refractivity contribution in [1.82, 2.24) is 4.90 Å². The Kier molecular flexibility index (Phi) is 4.02. The summed E-state index contributed by atoms with van der Waals surface area (Å²) < 4.78 is 0. The van der Waals surface area contributed by atoms with Crippen molar-refractivity contribution in [3.8, 4) is 0 Å². The lowest BCUT2D eigenvalue weighted by Gasteiger charge is -2.34. The van der Waals surface area contributed by atoms with E-state index in [1.165, 1.54) is 19.4 Å². The fourth-order valence-corrected chi connectivity index (χ4v) is 1.98. The first-order valence-electron chi connectivity index (χ1n) is 5.16. The van der Waals surface area contributed by atoms with Crippen LogP contribution in [0.2, 0.25) is 0 Å². The zero-order valence-electron chi connectivity index (χ0n) is 8.29. The summed E-state index contributed by atoms with van der Waals surface area (Å²) in [6.07, 6.45) is 4.59. The van der Waals surface area contributed by atoms with Crippen LogP contribution in [0.3, 0.4) is 0 Å². The number of likely N-dealkylation sites (tertiary alicyclic amines) is 1. The fourth-order valence-electron chi connectivity index (χ4n) is 1.98. The maximum Gasteiger partial charge on any atom is 0.0667 e. The monoisotopic (exact) mass is 171 g/mol. The van der Waals surface area contributed by atoms with Gasteiger partial charge in [0.25, 0.3) is 0 Å². The van der Waals surface area contributed by atoms with Gasteiger partial charge in [0.2, 0.25) is 0 Å². The Labute approximate surface area is 75.6 Å². The Balaban J connectivity index is 2.29. The molecule has 2 unspecified atom stereocenters. The van der Waals surface area contributed by atoms with Crippen LogP contribution >= 0.6 is 0 Å². The van der Waals surface area contributed by atoms with E-state index in [1.54, 1.807) is 0 Å². The second kappa shape index (κ2) is 4.83. The van der Waals surface area contributed by atoms with Crippen LogP contribution in [0.25, 0.3) is 0 Å². The number of β-amino-alcohol motifs (C(OH)–C–C–N with tert-alkyl or cyclic N) is 1. The number of nitrogens with zero attached hydrogens (tertiary/aromatic N) is 1. The molecule has 1 fully saturated rings. The summed E-state index contributed by atoms with van der Waals surface area (Å²) in [6, 6.07) is 0.657. The quantitative estimate of drug-likeness (QED) is 0.697. The van der Waals surface area contributed by atoms with Crippen LogP contribution in [-0.2, 0) is 0 Å². The van der Waals surface area contributed by atoms with Crippen molar-refractivity contribution in [2.45, 2.75) is 51.7 Å². The van der Waals surface area contributed by atoms with E-state index >= 15 is 0 Å². The topological polar surface area (TPSA) is 23.5 Å². The summed E-state index contributed by atoms with van der Waals surface area (Å²) in [7, 11) is 0. The number of piperidine rings is 1. The van der Waals surface area contributed by atoms with Gasteiger partial charge in [-0.25, -0.2) is 0 Å². The second-order valence-electron chi connectivity index (χ2n) is 3.93. The van der Waals surface area contributed by atoms with Crippen LogP contribution in [0.4, 0.5) is 0 Å². The summed E-state index contributed by atoms with van der Waals surface area (Å²) in [5, 5.41) is 9.46. The molecular formula is C10H21NO. The molecular weight excluding hydrogens is 150 g/mol. The Morgan fingerprint density at radius 3 is 2.92 bits per heavy atom. The van der Waals surface area contributed by atoms with Crippen LogP contribution in [0, 0.1) is 0 Å². The summed E-state index contributed by atoms with van der Waals surface area (Å²) in [5.41, 5.74) is 0. The highest BCUT2D eigenvalue weighted by atomic mass is 16.3. The van der Waals surface area contributed by atoms with Gasteiger partial charge in [-0.3, -0.25) is 4.90 Å². The summed E-state index contributed by atoms with van der Waals surface area (Å²) in [5.74, 6) is 0. The third-order valence-electron chi connectivity index (χ3n) is 2.76. The zero-order valence-corrected chi connectivity index (χ0v) is 8.29. The SMILES string of the molecule is CCCC(C)N1CCCC(O)C1. The number of hydrogen-bond donors (Lipinski definition) is 1. The first-order chi connectivity index (χ1) is 5.74. The average Bonchev–Trinajstić information content (AvgIpc) is 2.05. The largest absolute Gasteiger partial charge is 0.392 e. The van der Waals surface area contributed by atoms with Crippen molar-refractivity contribution < 1.29 is 5.11 Å². The third-order valence-corrected chi connectivity index (χ3v) is 2.76. The Morgan fingerprint density at radius 1 is 1.58 bits per heavy atom. The fraction of sp³-hybridized carbons (Fsp3) is 1.00. The molecule has 0 bridgehead atoms. The van der Waals surface area contributed by atoms with E-state index in [-0.39, 0.29) is 6.10 Å². The molecule has 72 valence electrons. The zero-order chi connectivity index (χ0) is 8.97. The predicted molar refractivity (Wildman–Crippen MR) is 51.2 cm³/mol. The average molecular weight is 171 g/mol. The smallest absolute Gasteiger partial charge is 0.0667 e. The van der Waals surface area contributed by atoms with Gasteiger partial charge >= 0.3 is 0 Å². The van der Waals surface area contributed by atoms with Gasteiger partial charge in [0.1, 0.15) is 0 Å². The minimum absolute atomic E-state index is 0.0712. The molecule has 0 aliphatic carbocycles. The molecule has 0 aromatic rings. The van der Waals surface area contributed by atoms with Gasteiger partial charge in [0.05, 0.1) is 6.10 Å². The molecule has 12 heavy (non-hydrogen) atoms. The Morgan fingerprint density at radius 2 is 2.33 bits per heavy atom. The van der Waals surface area contributed by atoms with E-state index in [9.17, 15) is 5.11 Å². The van der Waals surface area contributed by atoms with E-state index in [4.69, 9.17) is 0 Å². The van der Waals surface area contributed by atoms with E-state index in [2.05, 4.69) is 18.7 Å². The molecule has 0 spiro atoms. The van der Waals surface area contributed by atoms with E-state index in [1.807, 2.05) is 0 Å². The maximum atomic E-state index is 9.46. The standard InChI is InChI=1S/C10H21NO/c1-3-5-9(2)11-7-4-6-10(12)8-11/h9-10,12H,3-8H2,1-2H3. The molecule has 0 amide bonds. The molecule has 1 aliphatic heterocycles. The molecule has 1 saturated heterocycles. The van der Waals surface area contributed by atoms with Gasteiger partial charge in [0, 0.05) is 12.6 Å². The minimum Gasteiger partial charge on any atom is -0.392 e. The van der Waals surface area contributed by atoms with Crippen LogP contribution in [0.5, 0.6) is 0 Å². The molecule has 1 N–H and O–H groups in total. The lowest BCUT2D eigenvalue weighted by atomic mass is 10.0. The van der Waals surface area contributed by atoms with Crippen molar-refractivity contribution in [3.05, 3.63) is 0 Å². The molecule has 2 heteroatoms. The highest BCUT2D eigenvalue weighted by Gasteiger charge is 2.20. The van der Waals surface area contributed by atoms with Crippen LogP contribution in [0.15, 0.2) is 0 Å². The molecule has 0 aromatic carbocycles. The number of hydrogen-bond acceptors (Lipinski definition) is 2. The lowest BCUT2D eigenvalue weighted by molar-refractivity contribution is 0.0484. The molecule has 0 saturated carbocycles. The Hall–Kier alpha value is -0.0800. The van der Waals surface area contributed by atoms with Gasteiger partial charge < -0.3 is 5.11 Å². The van der Waals surface area contributed by atoms with E-state index < -0.39 is 0 Å². The van der Waals surface area contributed by atoms with E-state index in [0.717, 1.165) is 19.4 Å². The van der Waals surface area contributed by atoms with Crippen molar-refractivity contribution >= 4 is 0 Å². The van der Waals surface area contributed by atoms with Crippen LogP contribution in [-0.4, -0.2) is 35.2 Å². The highest BCUT2D eigenvalue weighted by molar-refractivity contribution is 4.75. The van der Waals surface area contributed by atoms with Gasteiger partial charge in [0.15, 0.2) is 0 Å². The maximum absolute atomic E-state index is 9.46. The van der Waals surface area contributed by atoms with Crippen molar-refractivity contribution in [3.63, 3.8) is 0 Å². The molecule has 2 atom stereocenters. The molecule has 2 nitrogen and oxygen atoms in total. The predicted octanol–water partition coefficient (Wildman–Crippen LogP) is 1.63. The molecule has 1 aliphatic rings. The van der Waals surface area contributed by atoms with Gasteiger partial charge in [-0.05, 0) is 32.7 Å². The van der Waals surface area contributed by atoms with Gasteiger partial charge in [-0.15, -0.1) is 0 Å². The van der Waals surface area contributed by atoms with E-state index in [0.29, 0.717) is 6.04 Å². The van der Waals surface area contributed by atoms with Crippen molar-refractivity contribution in [2.24, 2.45) is 0 Å².